The molecule has 0 unspecified atom stereocenters. The molecule has 0 bridgehead atoms. The van der Waals surface area contributed by atoms with Crippen LogP contribution < -0.4 is 0 Å². The van der Waals surface area contributed by atoms with Crippen LogP contribution in [0.4, 0.5) is 4.39 Å². The second-order valence-corrected chi connectivity index (χ2v) is 8.93. The van der Waals surface area contributed by atoms with Crippen LogP contribution in [0, 0.1) is 5.82 Å². The van der Waals surface area contributed by atoms with Crippen LogP contribution >= 0.6 is 11.3 Å². The summed E-state index contributed by atoms with van der Waals surface area (Å²) in [5.41, 5.74) is 0.876. The number of hydrogen-bond acceptors (Lipinski definition) is 4. The van der Waals surface area contributed by atoms with Crippen LogP contribution in [0.25, 0.3) is 0 Å². The zero-order chi connectivity index (χ0) is 15.6. The van der Waals surface area contributed by atoms with Gasteiger partial charge in [-0.05, 0) is 35.6 Å². The molecule has 0 aliphatic carbocycles. The fourth-order valence-corrected chi connectivity index (χ4v) is 5.34. The Kier molecular flexibility index (Phi) is 4.61. The molecular weight excluding hydrogens is 321 g/mol. The Morgan fingerprint density at radius 1 is 1.23 bits per heavy atom. The van der Waals surface area contributed by atoms with E-state index >= 15 is 0 Å². The molecule has 22 heavy (non-hydrogen) atoms. The van der Waals surface area contributed by atoms with Gasteiger partial charge in [-0.2, -0.15) is 0 Å². The molecule has 3 rings (SSSR count). The van der Waals surface area contributed by atoms with Crippen molar-refractivity contribution in [3.05, 3.63) is 58.0 Å². The third-order valence-corrected chi connectivity index (χ3v) is 6.55. The molecule has 1 saturated heterocycles. The molecule has 1 aliphatic rings. The van der Waals surface area contributed by atoms with Gasteiger partial charge in [0, 0.05) is 24.0 Å². The van der Waals surface area contributed by atoms with Crippen LogP contribution in [0.3, 0.4) is 0 Å². The monoisotopic (exact) mass is 339 g/mol. The summed E-state index contributed by atoms with van der Waals surface area (Å²) in [6.45, 7) is 1.27. The molecule has 2 aromatic rings. The highest BCUT2D eigenvalue weighted by atomic mass is 32.2. The summed E-state index contributed by atoms with van der Waals surface area (Å²) in [7, 11) is -2.93. The molecule has 2 heterocycles. The highest BCUT2D eigenvalue weighted by molar-refractivity contribution is 7.91. The summed E-state index contributed by atoms with van der Waals surface area (Å²) in [5.74, 6) is 0.197. The van der Waals surface area contributed by atoms with E-state index in [-0.39, 0.29) is 23.4 Å². The van der Waals surface area contributed by atoms with Gasteiger partial charge in [-0.1, -0.05) is 18.2 Å². The van der Waals surface area contributed by atoms with Crippen molar-refractivity contribution in [3.63, 3.8) is 0 Å². The van der Waals surface area contributed by atoms with Crippen LogP contribution in [0.5, 0.6) is 0 Å². The van der Waals surface area contributed by atoms with E-state index in [1.807, 2.05) is 23.6 Å². The highest BCUT2D eigenvalue weighted by Gasteiger charge is 2.32. The Labute approximate surface area is 134 Å². The van der Waals surface area contributed by atoms with Crippen LogP contribution in [-0.4, -0.2) is 30.9 Å². The van der Waals surface area contributed by atoms with Gasteiger partial charge in [0.2, 0.25) is 0 Å². The third kappa shape index (κ3) is 3.94. The van der Waals surface area contributed by atoms with Gasteiger partial charge in [0.25, 0.3) is 0 Å². The molecule has 6 heteroatoms. The lowest BCUT2D eigenvalue weighted by molar-refractivity contribution is 0.196. The summed E-state index contributed by atoms with van der Waals surface area (Å²) < 4.78 is 36.9. The minimum absolute atomic E-state index is 0.00960. The molecule has 1 aromatic heterocycles. The number of hydrogen-bond donors (Lipinski definition) is 0. The van der Waals surface area contributed by atoms with Crippen molar-refractivity contribution >= 4 is 21.2 Å². The van der Waals surface area contributed by atoms with E-state index in [9.17, 15) is 12.8 Å². The van der Waals surface area contributed by atoms with Gasteiger partial charge in [-0.15, -0.1) is 11.3 Å². The second-order valence-electron chi connectivity index (χ2n) is 5.67. The van der Waals surface area contributed by atoms with Crippen LogP contribution in [-0.2, 0) is 22.9 Å². The average Bonchev–Trinajstić information content (AvgIpc) is 3.07. The Morgan fingerprint density at radius 3 is 2.73 bits per heavy atom. The lowest BCUT2D eigenvalue weighted by Gasteiger charge is -2.27. The Balaban J connectivity index is 1.79. The number of sulfone groups is 1. The van der Waals surface area contributed by atoms with E-state index in [0.717, 1.165) is 5.56 Å². The van der Waals surface area contributed by atoms with Gasteiger partial charge in [-0.25, -0.2) is 12.8 Å². The molecule has 1 aliphatic heterocycles. The maximum atomic E-state index is 13.4. The summed E-state index contributed by atoms with van der Waals surface area (Å²) in [6, 6.07) is 10.6. The van der Waals surface area contributed by atoms with Crippen molar-refractivity contribution in [3.8, 4) is 0 Å². The van der Waals surface area contributed by atoms with Gasteiger partial charge in [-0.3, -0.25) is 4.90 Å². The van der Waals surface area contributed by atoms with Crippen LogP contribution in [0.15, 0.2) is 41.8 Å². The smallest absolute Gasteiger partial charge is 0.151 e. The van der Waals surface area contributed by atoms with Gasteiger partial charge in [0.05, 0.1) is 11.5 Å². The first-order valence-electron chi connectivity index (χ1n) is 7.23. The maximum Gasteiger partial charge on any atom is 0.151 e. The van der Waals surface area contributed by atoms with Gasteiger partial charge in [0.1, 0.15) is 5.82 Å². The number of nitrogens with zero attached hydrogens (tertiary/aromatic N) is 1. The minimum Gasteiger partial charge on any atom is -0.290 e. The first kappa shape index (κ1) is 15.6. The van der Waals surface area contributed by atoms with Gasteiger partial charge >= 0.3 is 0 Å². The lowest BCUT2D eigenvalue weighted by atomic mass is 10.1. The fourth-order valence-electron chi connectivity index (χ4n) is 2.85. The molecule has 0 radical (unpaired) electrons. The molecule has 0 saturated carbocycles. The summed E-state index contributed by atoms with van der Waals surface area (Å²) >= 11 is 1.66. The first-order valence-corrected chi connectivity index (χ1v) is 9.93. The lowest BCUT2D eigenvalue weighted by Crippen LogP contribution is -2.35. The largest absolute Gasteiger partial charge is 0.290 e. The van der Waals surface area contributed by atoms with Crippen LogP contribution in [0.2, 0.25) is 0 Å². The SMILES string of the molecule is O=S1(=O)CC[C@H](N(Cc2cccc(F)c2)Cc2cccs2)C1. The summed E-state index contributed by atoms with van der Waals surface area (Å²) in [6.07, 6.45) is 0.656. The van der Waals surface area contributed by atoms with E-state index in [2.05, 4.69) is 4.90 Å². The minimum atomic E-state index is -2.93. The van der Waals surface area contributed by atoms with Crippen molar-refractivity contribution in [1.82, 2.24) is 4.90 Å². The van der Waals surface area contributed by atoms with E-state index in [4.69, 9.17) is 0 Å². The second kappa shape index (κ2) is 6.48. The molecule has 0 spiro atoms. The molecule has 0 N–H and O–H groups in total. The van der Waals surface area contributed by atoms with Crippen molar-refractivity contribution < 1.29 is 12.8 Å². The van der Waals surface area contributed by atoms with Crippen molar-refractivity contribution in [1.29, 1.82) is 0 Å². The topological polar surface area (TPSA) is 37.4 Å². The molecule has 0 amide bonds. The number of halogens is 1. The van der Waals surface area contributed by atoms with E-state index in [1.165, 1.54) is 17.0 Å². The molecular formula is C16H18FNO2S2. The molecule has 1 aromatic carbocycles. The summed E-state index contributed by atoms with van der Waals surface area (Å²) in [5, 5.41) is 2.01. The zero-order valence-corrected chi connectivity index (χ0v) is 13.7. The van der Waals surface area contributed by atoms with Crippen molar-refractivity contribution in [2.24, 2.45) is 0 Å². The zero-order valence-electron chi connectivity index (χ0n) is 12.1. The number of rotatable bonds is 5. The molecule has 118 valence electrons. The Morgan fingerprint density at radius 2 is 2.09 bits per heavy atom. The predicted molar refractivity (Wildman–Crippen MR) is 87.0 cm³/mol. The Bertz CT molecular complexity index is 728. The van der Waals surface area contributed by atoms with E-state index < -0.39 is 9.84 Å². The standard InChI is InChI=1S/C16H18FNO2S2/c17-14-4-1-3-13(9-14)10-18(11-16-5-2-7-21-16)15-6-8-22(19,20)12-15/h1-5,7,9,15H,6,8,10-12H2/t15-/m0/s1. The van der Waals surface area contributed by atoms with Gasteiger partial charge in [0.15, 0.2) is 9.84 Å². The first-order chi connectivity index (χ1) is 10.5. The van der Waals surface area contributed by atoms with E-state index in [1.54, 1.807) is 17.4 Å². The average molecular weight is 339 g/mol. The summed E-state index contributed by atoms with van der Waals surface area (Å²) in [4.78, 5) is 3.35. The highest BCUT2D eigenvalue weighted by Crippen LogP contribution is 2.23. The molecule has 1 atom stereocenters. The van der Waals surface area contributed by atoms with Crippen molar-refractivity contribution in [2.75, 3.05) is 11.5 Å². The molecule has 1 fully saturated rings. The van der Waals surface area contributed by atoms with E-state index in [0.29, 0.717) is 19.5 Å². The van der Waals surface area contributed by atoms with Crippen LogP contribution in [0.1, 0.15) is 16.9 Å². The van der Waals surface area contributed by atoms with Gasteiger partial charge < -0.3 is 0 Å². The third-order valence-electron chi connectivity index (χ3n) is 3.94. The quantitative estimate of drug-likeness (QED) is 0.840. The maximum absolute atomic E-state index is 13.4. The normalized spacial score (nSPS) is 20.5. The number of benzene rings is 1. The molecule has 3 nitrogen and oxygen atoms in total. The fraction of sp³-hybridized carbons (Fsp3) is 0.375. The Hall–Kier alpha value is -1.24. The predicted octanol–water partition coefficient (Wildman–Crippen LogP) is 3.08. The number of thiophene rings is 1. The van der Waals surface area contributed by atoms with Crippen molar-refractivity contribution in [2.45, 2.75) is 25.6 Å².